The van der Waals surface area contributed by atoms with E-state index in [4.69, 9.17) is 0 Å². The van der Waals surface area contributed by atoms with E-state index in [0.717, 1.165) is 37.9 Å². The molecule has 3 aromatic rings. The van der Waals surface area contributed by atoms with E-state index >= 15 is 0 Å². The molecule has 3 aromatic carbocycles. The predicted octanol–water partition coefficient (Wildman–Crippen LogP) is 5.35. The second-order valence-corrected chi connectivity index (χ2v) is 7.64. The molecule has 0 saturated heterocycles. The number of aliphatic imine (C=N–C) groups is 1. The van der Waals surface area contributed by atoms with Crippen LogP contribution >= 0.6 is 23.5 Å². The normalized spacial score (nSPS) is 12.4. The highest BCUT2D eigenvalue weighted by Crippen LogP contribution is 2.36. The van der Waals surface area contributed by atoms with E-state index < -0.39 is 0 Å². The van der Waals surface area contributed by atoms with Crippen LogP contribution in [0.5, 0.6) is 0 Å². The highest BCUT2D eigenvalue weighted by atomic mass is 32.2. The maximum atomic E-state index is 12.3. The fourth-order valence-corrected chi connectivity index (χ4v) is 4.02. The van der Waals surface area contributed by atoms with Crippen molar-refractivity contribution in [1.29, 1.82) is 0 Å². The molecular formula is C20H17N3OS2. The smallest absolute Gasteiger partial charge is 0.234 e. The van der Waals surface area contributed by atoms with Crippen molar-refractivity contribution in [2.45, 2.75) is 4.90 Å². The maximum Gasteiger partial charge on any atom is 0.234 e. The molecule has 0 radical (unpaired) electrons. The molecule has 0 saturated carbocycles. The maximum absolute atomic E-state index is 12.3. The van der Waals surface area contributed by atoms with Gasteiger partial charge in [0.25, 0.3) is 0 Å². The molecule has 2 N–H and O–H groups in total. The average molecular weight is 380 g/mol. The predicted molar refractivity (Wildman–Crippen MR) is 114 cm³/mol. The van der Waals surface area contributed by atoms with Gasteiger partial charge in [0, 0.05) is 16.0 Å². The van der Waals surface area contributed by atoms with Gasteiger partial charge < -0.3 is 10.6 Å². The molecule has 1 aliphatic heterocycles. The summed E-state index contributed by atoms with van der Waals surface area (Å²) in [6, 6.07) is 20.1. The number of amides is 1. The third-order valence-electron chi connectivity index (χ3n) is 4.04. The number of benzene rings is 3. The number of nitrogens with one attached hydrogen (secondary N) is 2. The summed E-state index contributed by atoms with van der Waals surface area (Å²) < 4.78 is 0. The van der Waals surface area contributed by atoms with Gasteiger partial charge in [-0.15, -0.1) is 11.8 Å². The van der Waals surface area contributed by atoms with Crippen molar-refractivity contribution in [2.24, 2.45) is 4.99 Å². The van der Waals surface area contributed by atoms with E-state index in [1.54, 1.807) is 11.8 Å². The first-order valence-corrected chi connectivity index (χ1v) is 10.4. The number of rotatable bonds is 4. The molecule has 0 aliphatic carbocycles. The molecule has 1 amide bonds. The molecular weight excluding hydrogens is 362 g/mol. The number of anilines is 2. The van der Waals surface area contributed by atoms with E-state index in [0.29, 0.717) is 5.75 Å². The van der Waals surface area contributed by atoms with Crippen LogP contribution in [0.25, 0.3) is 10.8 Å². The summed E-state index contributed by atoms with van der Waals surface area (Å²) in [6.45, 7) is 0. The molecule has 0 atom stereocenters. The number of thioether (sulfide) groups is 2. The molecule has 1 heterocycles. The van der Waals surface area contributed by atoms with Crippen LogP contribution < -0.4 is 10.6 Å². The molecule has 0 fully saturated rings. The number of hydrogen-bond acceptors (Lipinski definition) is 5. The first kappa shape index (κ1) is 17.0. The molecule has 26 heavy (non-hydrogen) atoms. The monoisotopic (exact) mass is 379 g/mol. The first-order valence-electron chi connectivity index (χ1n) is 8.17. The Kier molecular flexibility index (Phi) is 4.86. The minimum Gasteiger partial charge on any atom is -0.334 e. The molecule has 0 aromatic heterocycles. The molecule has 4 rings (SSSR count). The number of nitrogens with zero attached hydrogens (tertiary/aromatic N) is 1. The fraction of sp³-hybridized carbons (Fsp3) is 0.100. The Hall–Kier alpha value is -2.44. The second-order valence-electron chi connectivity index (χ2n) is 5.79. The van der Waals surface area contributed by atoms with Crippen LogP contribution in [0.4, 0.5) is 17.1 Å². The van der Waals surface area contributed by atoms with Crippen molar-refractivity contribution in [1.82, 2.24) is 0 Å². The number of carbonyl (C=O) groups is 1. The fourth-order valence-electron chi connectivity index (χ4n) is 2.87. The van der Waals surface area contributed by atoms with Crippen LogP contribution in [0.1, 0.15) is 0 Å². The number of hydrogen-bond donors (Lipinski definition) is 2. The zero-order chi connectivity index (χ0) is 17.9. The average Bonchev–Trinajstić information content (AvgIpc) is 2.67. The summed E-state index contributed by atoms with van der Waals surface area (Å²) in [6.07, 6.45) is 2.02. The minimum atomic E-state index is -0.0465. The largest absolute Gasteiger partial charge is 0.334 e. The summed E-state index contributed by atoms with van der Waals surface area (Å²) in [5.74, 6) is 0.253. The summed E-state index contributed by atoms with van der Waals surface area (Å²) in [4.78, 5) is 18.0. The van der Waals surface area contributed by atoms with Crippen LogP contribution in [-0.4, -0.2) is 23.1 Å². The van der Waals surface area contributed by atoms with E-state index in [9.17, 15) is 4.79 Å². The standard InChI is InChI=1S/C20H17N3OS2/c1-25-15-8-4-7-14(11-15)21-18(24)12-26-20-22-16-9-2-5-13-6-3-10-17(23-20)19(13)16/h2-11H,12H2,1H3,(H,21,24)(H,22,23). The topological polar surface area (TPSA) is 53.5 Å². The zero-order valence-electron chi connectivity index (χ0n) is 14.2. The first-order chi connectivity index (χ1) is 12.7. The van der Waals surface area contributed by atoms with Crippen LogP contribution in [0.2, 0.25) is 0 Å². The van der Waals surface area contributed by atoms with Crippen LogP contribution in [0.15, 0.2) is 70.6 Å². The van der Waals surface area contributed by atoms with Gasteiger partial charge in [0.1, 0.15) is 0 Å². The SMILES string of the molecule is CSc1cccc(NC(=O)CSC2=Nc3cccc4cccc(c34)N2)c1. The van der Waals surface area contributed by atoms with E-state index in [-0.39, 0.29) is 5.91 Å². The Bertz CT molecular complexity index is 1010. The van der Waals surface area contributed by atoms with Crippen LogP contribution in [-0.2, 0) is 4.79 Å². The zero-order valence-corrected chi connectivity index (χ0v) is 15.8. The van der Waals surface area contributed by atoms with Gasteiger partial charge in [-0.05, 0) is 42.0 Å². The summed E-state index contributed by atoms with van der Waals surface area (Å²) in [5, 5.41) is 9.29. The molecule has 130 valence electrons. The highest BCUT2D eigenvalue weighted by molar-refractivity contribution is 8.14. The summed E-state index contributed by atoms with van der Waals surface area (Å²) in [5.41, 5.74) is 2.78. The molecule has 6 heteroatoms. The van der Waals surface area contributed by atoms with Crippen molar-refractivity contribution in [2.75, 3.05) is 22.6 Å². The van der Waals surface area contributed by atoms with Gasteiger partial charge in [-0.25, -0.2) is 4.99 Å². The molecule has 0 spiro atoms. The number of amidine groups is 1. The van der Waals surface area contributed by atoms with Crippen LogP contribution in [0, 0.1) is 0 Å². The van der Waals surface area contributed by atoms with Crippen molar-refractivity contribution in [3.05, 3.63) is 60.7 Å². The van der Waals surface area contributed by atoms with Gasteiger partial charge in [-0.2, -0.15) is 0 Å². The third-order valence-corrected chi connectivity index (χ3v) is 5.64. The third kappa shape index (κ3) is 3.57. The number of carbonyl (C=O) groups excluding carboxylic acids is 1. The van der Waals surface area contributed by atoms with Crippen molar-refractivity contribution in [3.8, 4) is 0 Å². The van der Waals surface area contributed by atoms with Gasteiger partial charge in [0.15, 0.2) is 5.17 Å². The van der Waals surface area contributed by atoms with Gasteiger partial charge in [-0.1, -0.05) is 42.1 Å². The Morgan fingerprint density at radius 3 is 2.77 bits per heavy atom. The Morgan fingerprint density at radius 1 is 1.12 bits per heavy atom. The minimum absolute atomic E-state index is 0.0465. The van der Waals surface area contributed by atoms with E-state index in [1.165, 1.54) is 11.8 Å². The van der Waals surface area contributed by atoms with Gasteiger partial charge in [0.05, 0.1) is 17.1 Å². The molecule has 1 aliphatic rings. The second kappa shape index (κ2) is 7.43. The molecule has 0 unspecified atom stereocenters. The van der Waals surface area contributed by atoms with Crippen molar-refractivity contribution in [3.63, 3.8) is 0 Å². The van der Waals surface area contributed by atoms with Gasteiger partial charge >= 0.3 is 0 Å². The lowest BCUT2D eigenvalue weighted by molar-refractivity contribution is -0.113. The van der Waals surface area contributed by atoms with E-state index in [2.05, 4.69) is 27.8 Å². The molecule has 0 bridgehead atoms. The van der Waals surface area contributed by atoms with Gasteiger partial charge in [-0.3, -0.25) is 4.79 Å². The lowest BCUT2D eigenvalue weighted by Gasteiger charge is -2.18. The summed E-state index contributed by atoms with van der Waals surface area (Å²) in [7, 11) is 0. The quantitative estimate of drug-likeness (QED) is 0.600. The van der Waals surface area contributed by atoms with Crippen molar-refractivity contribution < 1.29 is 4.79 Å². The van der Waals surface area contributed by atoms with Crippen LogP contribution in [0.3, 0.4) is 0 Å². The Labute approximate surface area is 160 Å². The lowest BCUT2D eigenvalue weighted by Crippen LogP contribution is -2.18. The lowest BCUT2D eigenvalue weighted by atomic mass is 10.1. The highest BCUT2D eigenvalue weighted by Gasteiger charge is 2.15. The van der Waals surface area contributed by atoms with E-state index in [1.807, 2.05) is 54.8 Å². The van der Waals surface area contributed by atoms with Crippen molar-refractivity contribution >= 4 is 62.4 Å². The Morgan fingerprint density at radius 2 is 1.92 bits per heavy atom. The Balaban J connectivity index is 1.44. The van der Waals surface area contributed by atoms with Gasteiger partial charge in [0.2, 0.25) is 5.91 Å². The summed E-state index contributed by atoms with van der Waals surface area (Å²) >= 11 is 3.06. The molecule has 4 nitrogen and oxygen atoms in total.